The number of aliphatic carboxylic acids is 1. The second-order valence-electron chi connectivity index (χ2n) is 7.85. The molecule has 0 aliphatic carbocycles. The van der Waals surface area contributed by atoms with Crippen molar-refractivity contribution >= 4 is 27.8 Å². The van der Waals surface area contributed by atoms with Gasteiger partial charge in [0, 0.05) is 25.2 Å². The molecule has 3 rings (SSSR count). The van der Waals surface area contributed by atoms with Gasteiger partial charge in [-0.15, -0.1) is 0 Å². The predicted molar refractivity (Wildman–Crippen MR) is 121 cm³/mol. The molecule has 11 heteroatoms. The van der Waals surface area contributed by atoms with Gasteiger partial charge in [-0.25, -0.2) is 8.42 Å². The third-order valence-electron chi connectivity index (χ3n) is 5.47. The lowest BCUT2D eigenvalue weighted by Crippen LogP contribution is -2.51. The number of sulfonamides is 1. The summed E-state index contributed by atoms with van der Waals surface area (Å²) in [6.07, 6.45) is 1.10. The number of carboxylic acids is 1. The third kappa shape index (κ3) is 6.18. The largest absolute Gasteiger partial charge is 0.480 e. The minimum atomic E-state index is -4.09. The summed E-state index contributed by atoms with van der Waals surface area (Å²) >= 11 is 0. The maximum atomic E-state index is 12.8. The molecular formula is C23H24N4O6S. The molecule has 0 radical (unpaired) electrons. The van der Waals surface area contributed by atoms with Crippen molar-refractivity contribution in [2.75, 3.05) is 19.6 Å². The lowest BCUT2D eigenvalue weighted by atomic mass is 9.96. The number of amides is 2. The first kappa shape index (κ1) is 24.9. The van der Waals surface area contributed by atoms with Gasteiger partial charge in [-0.1, -0.05) is 18.2 Å². The summed E-state index contributed by atoms with van der Waals surface area (Å²) in [4.78, 5) is 38.5. The topological polar surface area (TPSA) is 157 Å². The summed E-state index contributed by atoms with van der Waals surface area (Å²) in [5, 5.41) is 20.8. The number of carboxylic acid groups (broad SMARTS) is 1. The summed E-state index contributed by atoms with van der Waals surface area (Å²) in [7, 11) is -4.09. The van der Waals surface area contributed by atoms with Crippen molar-refractivity contribution in [2.24, 2.45) is 5.92 Å². The van der Waals surface area contributed by atoms with E-state index in [1.54, 1.807) is 35.2 Å². The quantitative estimate of drug-likeness (QED) is 0.504. The van der Waals surface area contributed by atoms with Crippen LogP contribution in [0.2, 0.25) is 0 Å². The van der Waals surface area contributed by atoms with Crippen LogP contribution in [0.25, 0.3) is 0 Å². The zero-order valence-electron chi connectivity index (χ0n) is 18.2. The molecule has 2 unspecified atom stereocenters. The third-order valence-corrected chi connectivity index (χ3v) is 6.96. The number of hydrogen-bond donors (Lipinski definition) is 3. The molecule has 1 fully saturated rings. The highest BCUT2D eigenvalue weighted by atomic mass is 32.2. The Balaban J connectivity index is 1.59. The van der Waals surface area contributed by atoms with Crippen molar-refractivity contribution in [2.45, 2.75) is 23.8 Å². The highest BCUT2D eigenvalue weighted by molar-refractivity contribution is 7.89. The average molecular weight is 485 g/mol. The van der Waals surface area contributed by atoms with Crippen molar-refractivity contribution in [3.8, 4) is 6.07 Å². The first-order valence-corrected chi connectivity index (χ1v) is 12.1. The van der Waals surface area contributed by atoms with Gasteiger partial charge in [0.1, 0.15) is 6.04 Å². The number of benzene rings is 2. The van der Waals surface area contributed by atoms with Crippen LogP contribution in [0, 0.1) is 17.2 Å². The van der Waals surface area contributed by atoms with E-state index in [0.717, 1.165) is 0 Å². The number of nitriles is 1. The molecule has 1 aliphatic rings. The number of rotatable bonds is 8. The summed E-state index contributed by atoms with van der Waals surface area (Å²) in [6, 6.07) is 14.0. The van der Waals surface area contributed by atoms with E-state index in [9.17, 15) is 27.9 Å². The van der Waals surface area contributed by atoms with E-state index in [0.29, 0.717) is 30.5 Å². The van der Waals surface area contributed by atoms with E-state index in [-0.39, 0.29) is 17.3 Å². The van der Waals surface area contributed by atoms with Crippen LogP contribution in [-0.4, -0.2) is 61.9 Å². The van der Waals surface area contributed by atoms with Crippen LogP contribution >= 0.6 is 0 Å². The molecule has 2 aromatic carbocycles. The Bertz CT molecular complexity index is 1190. The van der Waals surface area contributed by atoms with Gasteiger partial charge in [-0.2, -0.15) is 9.98 Å². The average Bonchev–Trinajstić information content (AvgIpc) is 2.86. The molecule has 178 valence electrons. The fourth-order valence-electron chi connectivity index (χ4n) is 3.63. The van der Waals surface area contributed by atoms with Crippen molar-refractivity contribution in [3.63, 3.8) is 0 Å². The van der Waals surface area contributed by atoms with Gasteiger partial charge < -0.3 is 15.3 Å². The number of piperidine rings is 1. The zero-order chi connectivity index (χ0) is 24.7. The lowest BCUT2D eigenvalue weighted by molar-refractivity contribution is -0.139. The summed E-state index contributed by atoms with van der Waals surface area (Å²) < 4.78 is 27.0. The van der Waals surface area contributed by atoms with Gasteiger partial charge in [-0.3, -0.25) is 14.4 Å². The van der Waals surface area contributed by atoms with Gasteiger partial charge in [0.05, 0.1) is 22.4 Å². The molecule has 1 aliphatic heterocycles. The fourth-order valence-corrected chi connectivity index (χ4v) is 4.84. The first-order valence-electron chi connectivity index (χ1n) is 10.6. The Hall–Kier alpha value is -3.75. The van der Waals surface area contributed by atoms with Crippen LogP contribution in [0.3, 0.4) is 0 Å². The summed E-state index contributed by atoms with van der Waals surface area (Å²) in [5.41, 5.74) is 0.838. The number of carbonyl (C=O) groups excluding carboxylic acids is 2. The SMILES string of the molecule is N#Cc1ccc(C(=O)N2CCCC(C(=O)NCC(NS(=O)(=O)c3ccccc3)C(=O)O)C2)cc1. The number of carbonyl (C=O) groups is 3. The summed E-state index contributed by atoms with van der Waals surface area (Å²) in [6.45, 7) is 0.176. The normalized spacial score (nSPS) is 16.8. The first-order chi connectivity index (χ1) is 16.2. The Morgan fingerprint density at radius 1 is 1.12 bits per heavy atom. The van der Waals surface area contributed by atoms with Crippen molar-refractivity contribution in [1.82, 2.24) is 14.9 Å². The maximum Gasteiger partial charge on any atom is 0.323 e. The highest BCUT2D eigenvalue weighted by Crippen LogP contribution is 2.19. The molecule has 1 saturated heterocycles. The molecule has 0 bridgehead atoms. The van der Waals surface area contributed by atoms with Crippen molar-refractivity contribution in [3.05, 3.63) is 65.7 Å². The highest BCUT2D eigenvalue weighted by Gasteiger charge is 2.31. The van der Waals surface area contributed by atoms with E-state index in [2.05, 4.69) is 10.0 Å². The Labute approximate surface area is 197 Å². The molecule has 0 saturated carbocycles. The van der Waals surface area contributed by atoms with Gasteiger partial charge in [0.2, 0.25) is 15.9 Å². The molecule has 10 nitrogen and oxygen atoms in total. The Kier molecular flexibility index (Phi) is 7.99. The standard InChI is InChI=1S/C23H24N4O6S/c24-13-16-8-10-17(11-9-16)22(29)27-12-4-5-18(15-27)21(28)25-14-20(23(30)31)26-34(32,33)19-6-2-1-3-7-19/h1-3,6-11,18,20,26H,4-5,12,14-15H2,(H,25,28)(H,30,31). The maximum absolute atomic E-state index is 12.8. The van der Waals surface area contributed by atoms with Crippen LogP contribution in [0.5, 0.6) is 0 Å². The number of likely N-dealkylation sites (tertiary alicyclic amines) is 1. The van der Waals surface area contributed by atoms with Crippen molar-refractivity contribution in [1.29, 1.82) is 5.26 Å². The van der Waals surface area contributed by atoms with Gasteiger partial charge in [0.15, 0.2) is 0 Å². The Morgan fingerprint density at radius 2 is 1.79 bits per heavy atom. The monoisotopic (exact) mass is 484 g/mol. The number of nitrogens with one attached hydrogen (secondary N) is 2. The van der Waals surface area contributed by atoms with Crippen molar-refractivity contribution < 1.29 is 27.9 Å². The molecule has 2 atom stereocenters. The van der Waals surface area contributed by atoms with E-state index >= 15 is 0 Å². The summed E-state index contributed by atoms with van der Waals surface area (Å²) in [5.74, 6) is -2.71. The molecule has 3 N–H and O–H groups in total. The molecule has 34 heavy (non-hydrogen) atoms. The molecule has 2 aromatic rings. The van der Waals surface area contributed by atoms with E-state index < -0.39 is 40.4 Å². The van der Waals surface area contributed by atoms with Crippen LogP contribution in [-0.2, 0) is 19.6 Å². The molecule has 0 spiro atoms. The molecule has 1 heterocycles. The lowest BCUT2D eigenvalue weighted by Gasteiger charge is -2.32. The Morgan fingerprint density at radius 3 is 2.41 bits per heavy atom. The smallest absolute Gasteiger partial charge is 0.323 e. The zero-order valence-corrected chi connectivity index (χ0v) is 19.0. The number of hydrogen-bond acceptors (Lipinski definition) is 6. The van der Waals surface area contributed by atoms with E-state index in [4.69, 9.17) is 5.26 Å². The number of nitrogens with zero attached hydrogens (tertiary/aromatic N) is 2. The minimum Gasteiger partial charge on any atom is -0.480 e. The molecule has 2 amide bonds. The van der Waals surface area contributed by atoms with E-state index in [1.165, 1.54) is 24.3 Å². The van der Waals surface area contributed by atoms with Gasteiger partial charge in [0.25, 0.3) is 5.91 Å². The molecule has 0 aromatic heterocycles. The second kappa shape index (κ2) is 10.9. The van der Waals surface area contributed by atoms with Gasteiger partial charge >= 0.3 is 5.97 Å². The van der Waals surface area contributed by atoms with Crippen LogP contribution in [0.4, 0.5) is 0 Å². The minimum absolute atomic E-state index is 0.0863. The second-order valence-corrected chi connectivity index (χ2v) is 9.56. The fraction of sp³-hybridized carbons (Fsp3) is 0.304. The van der Waals surface area contributed by atoms with Gasteiger partial charge in [-0.05, 0) is 49.2 Å². The van der Waals surface area contributed by atoms with Crippen LogP contribution < -0.4 is 10.0 Å². The molecular weight excluding hydrogens is 460 g/mol. The van der Waals surface area contributed by atoms with Crippen LogP contribution in [0.1, 0.15) is 28.8 Å². The van der Waals surface area contributed by atoms with Crippen LogP contribution in [0.15, 0.2) is 59.5 Å². The van der Waals surface area contributed by atoms with E-state index in [1.807, 2.05) is 6.07 Å². The predicted octanol–water partition coefficient (Wildman–Crippen LogP) is 0.958.